The first-order valence-electron chi connectivity index (χ1n) is 7.47. The molecule has 1 fully saturated rings. The second kappa shape index (κ2) is 5.86. The quantitative estimate of drug-likeness (QED) is 0.855. The van der Waals surface area contributed by atoms with Gasteiger partial charge in [-0.1, -0.05) is 19.4 Å². The lowest BCUT2D eigenvalue weighted by molar-refractivity contribution is 0.246. The minimum atomic E-state index is -3.36. The van der Waals surface area contributed by atoms with Crippen LogP contribution in [0.25, 0.3) is 0 Å². The molecule has 1 aliphatic rings. The molecule has 112 valence electrons. The molecular weight excluding hydrogens is 270 g/mol. The van der Waals surface area contributed by atoms with Crippen molar-refractivity contribution in [3.05, 3.63) is 28.8 Å². The van der Waals surface area contributed by atoms with Crippen molar-refractivity contribution >= 4 is 10.0 Å². The van der Waals surface area contributed by atoms with Crippen molar-refractivity contribution < 1.29 is 8.42 Å². The van der Waals surface area contributed by atoms with E-state index in [-0.39, 0.29) is 6.04 Å². The number of aryl methyl sites for hydroxylation is 3. The molecule has 0 aliphatic carbocycles. The monoisotopic (exact) mass is 295 g/mol. The van der Waals surface area contributed by atoms with Crippen LogP contribution >= 0.6 is 0 Å². The zero-order valence-electron chi connectivity index (χ0n) is 12.9. The fourth-order valence-electron chi connectivity index (χ4n) is 3.04. The predicted molar refractivity (Wildman–Crippen MR) is 82.5 cm³/mol. The molecule has 1 atom stereocenters. The zero-order valence-corrected chi connectivity index (χ0v) is 13.8. The Morgan fingerprint density at radius 2 is 1.75 bits per heavy atom. The summed E-state index contributed by atoms with van der Waals surface area (Å²) >= 11 is 0. The average molecular weight is 295 g/mol. The summed E-state index contributed by atoms with van der Waals surface area (Å²) in [5.74, 6) is 0. The Labute approximate surface area is 123 Å². The second-order valence-corrected chi connectivity index (χ2v) is 7.73. The van der Waals surface area contributed by atoms with E-state index in [1.807, 2.05) is 32.9 Å². The third-order valence-electron chi connectivity index (χ3n) is 4.42. The number of rotatable bonds is 3. The van der Waals surface area contributed by atoms with Gasteiger partial charge in [-0.05, 0) is 62.8 Å². The molecule has 0 N–H and O–H groups in total. The molecule has 0 aromatic heterocycles. The lowest BCUT2D eigenvalue weighted by atomic mass is 10.0. The highest BCUT2D eigenvalue weighted by atomic mass is 32.2. The summed E-state index contributed by atoms with van der Waals surface area (Å²) < 4.78 is 27.7. The van der Waals surface area contributed by atoms with Gasteiger partial charge in [0.05, 0.1) is 4.90 Å². The van der Waals surface area contributed by atoms with Gasteiger partial charge < -0.3 is 0 Å². The van der Waals surface area contributed by atoms with Crippen LogP contribution in [-0.2, 0) is 10.0 Å². The third kappa shape index (κ3) is 2.77. The van der Waals surface area contributed by atoms with E-state index in [2.05, 4.69) is 6.92 Å². The molecule has 1 saturated heterocycles. The fourth-order valence-corrected chi connectivity index (χ4v) is 5.10. The van der Waals surface area contributed by atoms with Gasteiger partial charge in [0.25, 0.3) is 0 Å². The summed E-state index contributed by atoms with van der Waals surface area (Å²) in [4.78, 5) is 0.487. The lowest BCUT2D eigenvalue weighted by Gasteiger charge is -2.34. The van der Waals surface area contributed by atoms with E-state index < -0.39 is 10.0 Å². The maximum Gasteiger partial charge on any atom is 0.243 e. The second-order valence-electron chi connectivity index (χ2n) is 5.88. The van der Waals surface area contributed by atoms with Crippen molar-refractivity contribution in [2.24, 2.45) is 0 Å². The Morgan fingerprint density at radius 1 is 1.10 bits per heavy atom. The maximum atomic E-state index is 13.0. The molecule has 2 rings (SSSR count). The molecule has 1 aromatic carbocycles. The normalized spacial score (nSPS) is 21.1. The Morgan fingerprint density at radius 3 is 2.40 bits per heavy atom. The molecule has 1 aromatic rings. The Bertz CT molecular complexity index is 593. The van der Waals surface area contributed by atoms with Crippen LogP contribution in [0.1, 0.15) is 49.3 Å². The maximum absolute atomic E-state index is 13.0. The van der Waals surface area contributed by atoms with Gasteiger partial charge in [0.1, 0.15) is 0 Å². The van der Waals surface area contributed by atoms with Gasteiger partial charge in [-0.25, -0.2) is 8.42 Å². The largest absolute Gasteiger partial charge is 0.243 e. The SMILES string of the molecule is CCC1CCCCN1S(=O)(=O)c1cc(C)c(C)cc1C. The first-order valence-corrected chi connectivity index (χ1v) is 8.91. The summed E-state index contributed by atoms with van der Waals surface area (Å²) in [6.07, 6.45) is 3.98. The standard InChI is InChI=1S/C16H25NO2S/c1-5-15-8-6-7-9-17(15)20(18,19)16-11-13(3)12(2)10-14(16)4/h10-11,15H,5-9H2,1-4H3. The summed E-state index contributed by atoms with van der Waals surface area (Å²) in [6.45, 7) is 8.62. The van der Waals surface area contributed by atoms with Crippen LogP contribution < -0.4 is 0 Å². The fraction of sp³-hybridized carbons (Fsp3) is 0.625. The van der Waals surface area contributed by atoms with Crippen LogP contribution in [0.4, 0.5) is 0 Å². The molecule has 1 heterocycles. The first-order chi connectivity index (χ1) is 9.37. The van der Waals surface area contributed by atoms with Crippen LogP contribution in [-0.4, -0.2) is 25.3 Å². The van der Waals surface area contributed by atoms with Gasteiger partial charge >= 0.3 is 0 Å². The van der Waals surface area contributed by atoms with E-state index in [4.69, 9.17) is 0 Å². The van der Waals surface area contributed by atoms with E-state index in [1.54, 1.807) is 4.31 Å². The topological polar surface area (TPSA) is 37.4 Å². The molecule has 0 amide bonds. The lowest BCUT2D eigenvalue weighted by Crippen LogP contribution is -2.43. The van der Waals surface area contributed by atoms with E-state index in [1.165, 1.54) is 0 Å². The van der Waals surface area contributed by atoms with Crippen molar-refractivity contribution in [2.75, 3.05) is 6.54 Å². The predicted octanol–water partition coefficient (Wildman–Crippen LogP) is 3.57. The molecule has 1 unspecified atom stereocenters. The number of nitrogens with zero attached hydrogens (tertiary/aromatic N) is 1. The summed E-state index contributed by atoms with van der Waals surface area (Å²) in [7, 11) is -3.36. The highest BCUT2D eigenvalue weighted by Crippen LogP contribution is 2.29. The van der Waals surface area contributed by atoms with Crippen molar-refractivity contribution in [3.63, 3.8) is 0 Å². The van der Waals surface area contributed by atoms with Gasteiger partial charge in [-0.3, -0.25) is 0 Å². The number of sulfonamides is 1. The van der Waals surface area contributed by atoms with Crippen LogP contribution in [0.3, 0.4) is 0 Å². The smallest absolute Gasteiger partial charge is 0.207 e. The van der Waals surface area contributed by atoms with E-state index in [0.29, 0.717) is 11.4 Å². The van der Waals surface area contributed by atoms with Crippen molar-refractivity contribution in [1.29, 1.82) is 0 Å². The van der Waals surface area contributed by atoms with Crippen molar-refractivity contribution in [3.8, 4) is 0 Å². The number of hydrogen-bond acceptors (Lipinski definition) is 2. The summed E-state index contributed by atoms with van der Waals surface area (Å²) in [5, 5.41) is 0. The summed E-state index contributed by atoms with van der Waals surface area (Å²) in [5.41, 5.74) is 3.04. The summed E-state index contributed by atoms with van der Waals surface area (Å²) in [6, 6.07) is 3.98. The van der Waals surface area contributed by atoms with E-state index >= 15 is 0 Å². The average Bonchev–Trinajstić information content (AvgIpc) is 2.42. The minimum absolute atomic E-state index is 0.162. The van der Waals surface area contributed by atoms with Crippen molar-refractivity contribution in [2.45, 2.75) is 64.3 Å². The molecule has 0 bridgehead atoms. The van der Waals surface area contributed by atoms with Crippen LogP contribution in [0.15, 0.2) is 17.0 Å². The third-order valence-corrected chi connectivity index (χ3v) is 6.52. The van der Waals surface area contributed by atoms with Crippen molar-refractivity contribution in [1.82, 2.24) is 4.31 Å². The molecule has 4 heteroatoms. The molecule has 3 nitrogen and oxygen atoms in total. The minimum Gasteiger partial charge on any atom is -0.207 e. The van der Waals surface area contributed by atoms with Gasteiger partial charge in [0.15, 0.2) is 0 Å². The Balaban J connectivity index is 2.46. The molecule has 0 radical (unpaired) electrons. The Hall–Kier alpha value is -0.870. The van der Waals surface area contributed by atoms with Gasteiger partial charge in [-0.15, -0.1) is 0 Å². The van der Waals surface area contributed by atoms with Crippen LogP contribution in [0.5, 0.6) is 0 Å². The molecule has 20 heavy (non-hydrogen) atoms. The molecule has 0 spiro atoms. The highest BCUT2D eigenvalue weighted by molar-refractivity contribution is 7.89. The van der Waals surface area contributed by atoms with Gasteiger partial charge in [0, 0.05) is 12.6 Å². The zero-order chi connectivity index (χ0) is 14.9. The van der Waals surface area contributed by atoms with Gasteiger partial charge in [-0.2, -0.15) is 4.31 Å². The molecule has 0 saturated carbocycles. The van der Waals surface area contributed by atoms with E-state index in [9.17, 15) is 8.42 Å². The number of hydrogen-bond donors (Lipinski definition) is 0. The van der Waals surface area contributed by atoms with Crippen LogP contribution in [0.2, 0.25) is 0 Å². The first kappa shape index (κ1) is 15.5. The molecular formula is C16H25NO2S. The number of piperidine rings is 1. The highest BCUT2D eigenvalue weighted by Gasteiger charge is 2.33. The number of benzene rings is 1. The van der Waals surface area contributed by atoms with Crippen LogP contribution in [0, 0.1) is 20.8 Å². The Kier molecular flexibility index (Phi) is 4.55. The van der Waals surface area contributed by atoms with E-state index in [0.717, 1.165) is 42.4 Å². The molecule has 1 aliphatic heterocycles. The van der Waals surface area contributed by atoms with Gasteiger partial charge in [0.2, 0.25) is 10.0 Å².